The van der Waals surface area contributed by atoms with E-state index in [0.29, 0.717) is 23.8 Å². The zero-order chi connectivity index (χ0) is 16.3. The first-order valence-electron chi connectivity index (χ1n) is 7.39. The monoisotopic (exact) mass is 323 g/mol. The van der Waals surface area contributed by atoms with Gasteiger partial charge in [0.15, 0.2) is 0 Å². The van der Waals surface area contributed by atoms with Crippen LogP contribution < -0.4 is 5.32 Å². The van der Waals surface area contributed by atoms with E-state index in [0.717, 1.165) is 24.2 Å². The van der Waals surface area contributed by atoms with Crippen LogP contribution in [0.4, 0.5) is 5.69 Å². The second-order valence-corrected chi connectivity index (χ2v) is 6.25. The molecule has 1 saturated heterocycles. The molecule has 2 amide bonds. The van der Waals surface area contributed by atoms with Crippen molar-refractivity contribution in [1.82, 2.24) is 9.80 Å². The summed E-state index contributed by atoms with van der Waals surface area (Å²) in [5, 5.41) is 3.25. The van der Waals surface area contributed by atoms with Crippen LogP contribution in [0.2, 0.25) is 5.02 Å². The number of likely N-dealkylation sites (N-methyl/N-ethyl adjacent to an activating group) is 1. The van der Waals surface area contributed by atoms with E-state index in [1.165, 1.54) is 0 Å². The number of aryl methyl sites for hydroxylation is 2. The predicted octanol–water partition coefficient (Wildman–Crippen LogP) is 2.06. The molecule has 0 spiro atoms. The van der Waals surface area contributed by atoms with E-state index in [4.69, 9.17) is 11.6 Å². The number of hydrogen-bond donors (Lipinski definition) is 1. The van der Waals surface area contributed by atoms with Gasteiger partial charge < -0.3 is 15.1 Å². The third kappa shape index (κ3) is 4.21. The molecule has 0 aromatic heterocycles. The Kier molecular flexibility index (Phi) is 5.42. The normalized spacial score (nSPS) is 15.7. The van der Waals surface area contributed by atoms with E-state index in [9.17, 15) is 9.59 Å². The Labute approximate surface area is 136 Å². The number of benzene rings is 1. The summed E-state index contributed by atoms with van der Waals surface area (Å²) in [4.78, 5) is 28.1. The van der Waals surface area contributed by atoms with Crippen molar-refractivity contribution in [1.29, 1.82) is 0 Å². The Morgan fingerprint density at radius 2 is 1.82 bits per heavy atom. The fourth-order valence-electron chi connectivity index (χ4n) is 2.56. The molecule has 120 valence electrons. The maximum Gasteiger partial charge on any atom is 0.233 e. The first kappa shape index (κ1) is 16.8. The predicted molar refractivity (Wildman–Crippen MR) is 88.2 cm³/mol. The molecule has 0 unspecified atom stereocenters. The number of halogens is 1. The minimum absolute atomic E-state index is 0.133. The standard InChI is InChI=1S/C16H22ClN3O2/c1-11-8-12(2)16(13(17)9-11)18-14(21)10-15(22)20-6-4-19(3)5-7-20/h8-9H,4-7,10H2,1-3H3,(H,18,21). The van der Waals surface area contributed by atoms with Gasteiger partial charge in [0.1, 0.15) is 6.42 Å². The summed E-state index contributed by atoms with van der Waals surface area (Å²) in [6, 6.07) is 3.75. The van der Waals surface area contributed by atoms with Gasteiger partial charge in [-0.3, -0.25) is 9.59 Å². The summed E-state index contributed by atoms with van der Waals surface area (Å²) in [6.45, 7) is 6.87. The first-order chi connectivity index (χ1) is 10.4. The van der Waals surface area contributed by atoms with E-state index < -0.39 is 0 Å². The van der Waals surface area contributed by atoms with Gasteiger partial charge in [-0.25, -0.2) is 0 Å². The number of nitrogens with zero attached hydrogens (tertiary/aromatic N) is 2. The van der Waals surface area contributed by atoms with Crippen LogP contribution in [0.3, 0.4) is 0 Å². The zero-order valence-electron chi connectivity index (χ0n) is 13.3. The van der Waals surface area contributed by atoms with Crippen molar-refractivity contribution in [2.75, 3.05) is 38.5 Å². The number of piperazine rings is 1. The molecule has 0 radical (unpaired) electrons. The van der Waals surface area contributed by atoms with E-state index >= 15 is 0 Å². The summed E-state index contributed by atoms with van der Waals surface area (Å²) in [5.41, 5.74) is 2.52. The molecule has 1 aliphatic heterocycles. The highest BCUT2D eigenvalue weighted by atomic mass is 35.5. The molecule has 1 aromatic carbocycles. The number of nitrogens with one attached hydrogen (secondary N) is 1. The lowest BCUT2D eigenvalue weighted by atomic mass is 10.1. The average Bonchev–Trinajstić information content (AvgIpc) is 2.43. The number of anilines is 1. The molecule has 1 fully saturated rings. The average molecular weight is 324 g/mol. The zero-order valence-corrected chi connectivity index (χ0v) is 14.0. The van der Waals surface area contributed by atoms with Crippen LogP contribution in [0.25, 0.3) is 0 Å². The van der Waals surface area contributed by atoms with Crippen LogP contribution >= 0.6 is 11.6 Å². The maximum atomic E-state index is 12.1. The third-order valence-corrected chi connectivity index (χ3v) is 4.16. The van der Waals surface area contributed by atoms with Gasteiger partial charge in [-0.1, -0.05) is 17.7 Å². The summed E-state index contributed by atoms with van der Waals surface area (Å²) in [7, 11) is 2.02. The van der Waals surface area contributed by atoms with Crippen molar-refractivity contribution >= 4 is 29.1 Å². The smallest absolute Gasteiger partial charge is 0.233 e. The Morgan fingerprint density at radius 3 is 2.41 bits per heavy atom. The molecule has 0 aliphatic carbocycles. The van der Waals surface area contributed by atoms with Gasteiger partial charge in [0.05, 0.1) is 10.7 Å². The molecule has 1 N–H and O–H groups in total. The molecule has 1 aliphatic rings. The molecule has 1 heterocycles. The van der Waals surface area contributed by atoms with Crippen LogP contribution in [0.1, 0.15) is 17.5 Å². The minimum Gasteiger partial charge on any atom is -0.340 e. The molecule has 1 aromatic rings. The highest BCUT2D eigenvalue weighted by Crippen LogP contribution is 2.27. The lowest BCUT2D eigenvalue weighted by Gasteiger charge is -2.32. The molecule has 22 heavy (non-hydrogen) atoms. The van der Waals surface area contributed by atoms with E-state index in [2.05, 4.69) is 10.2 Å². The number of hydrogen-bond acceptors (Lipinski definition) is 3. The largest absolute Gasteiger partial charge is 0.340 e. The number of amides is 2. The van der Waals surface area contributed by atoms with Crippen LogP contribution in [0.5, 0.6) is 0 Å². The van der Waals surface area contributed by atoms with E-state index in [1.54, 1.807) is 11.0 Å². The topological polar surface area (TPSA) is 52.7 Å². The Morgan fingerprint density at radius 1 is 1.18 bits per heavy atom. The molecule has 0 atom stereocenters. The van der Waals surface area contributed by atoms with Crippen molar-refractivity contribution in [3.05, 3.63) is 28.3 Å². The van der Waals surface area contributed by atoms with Gasteiger partial charge in [0, 0.05) is 26.2 Å². The van der Waals surface area contributed by atoms with Crippen molar-refractivity contribution < 1.29 is 9.59 Å². The van der Waals surface area contributed by atoms with Crippen molar-refractivity contribution in [2.45, 2.75) is 20.3 Å². The first-order valence-corrected chi connectivity index (χ1v) is 7.77. The van der Waals surface area contributed by atoms with Crippen LogP contribution in [0.15, 0.2) is 12.1 Å². The van der Waals surface area contributed by atoms with Crippen LogP contribution in [-0.4, -0.2) is 54.8 Å². The summed E-state index contributed by atoms with van der Waals surface area (Å²) in [5.74, 6) is -0.454. The van der Waals surface area contributed by atoms with Gasteiger partial charge in [-0.15, -0.1) is 0 Å². The quantitative estimate of drug-likeness (QED) is 0.866. The highest BCUT2D eigenvalue weighted by molar-refractivity contribution is 6.34. The van der Waals surface area contributed by atoms with Gasteiger partial charge in [0.2, 0.25) is 11.8 Å². The molecular formula is C16H22ClN3O2. The molecular weight excluding hydrogens is 302 g/mol. The Balaban J connectivity index is 1.94. The van der Waals surface area contributed by atoms with Gasteiger partial charge in [-0.05, 0) is 38.1 Å². The Hall–Kier alpha value is -1.59. The fraction of sp³-hybridized carbons (Fsp3) is 0.500. The third-order valence-electron chi connectivity index (χ3n) is 3.86. The summed E-state index contributed by atoms with van der Waals surface area (Å²) < 4.78 is 0. The Bertz CT molecular complexity index is 558. The van der Waals surface area contributed by atoms with Crippen molar-refractivity contribution in [3.8, 4) is 0 Å². The van der Waals surface area contributed by atoms with Crippen LogP contribution in [-0.2, 0) is 9.59 Å². The molecule has 5 nitrogen and oxygen atoms in total. The number of carbonyl (C=O) groups is 2. The molecule has 0 saturated carbocycles. The second-order valence-electron chi connectivity index (χ2n) is 5.85. The van der Waals surface area contributed by atoms with Gasteiger partial charge in [0.25, 0.3) is 0 Å². The lowest BCUT2D eigenvalue weighted by Crippen LogP contribution is -2.47. The fourth-order valence-corrected chi connectivity index (χ4v) is 2.93. The summed E-state index contributed by atoms with van der Waals surface area (Å²) >= 11 is 6.16. The van der Waals surface area contributed by atoms with Gasteiger partial charge in [-0.2, -0.15) is 0 Å². The molecule has 6 heteroatoms. The summed E-state index contributed by atoms with van der Waals surface area (Å²) in [6.07, 6.45) is -0.145. The maximum absolute atomic E-state index is 12.1. The molecule has 2 rings (SSSR count). The SMILES string of the molecule is Cc1cc(C)c(NC(=O)CC(=O)N2CCN(C)CC2)c(Cl)c1. The van der Waals surface area contributed by atoms with Crippen molar-refractivity contribution in [2.24, 2.45) is 0 Å². The minimum atomic E-state index is -0.321. The number of rotatable bonds is 3. The highest BCUT2D eigenvalue weighted by Gasteiger charge is 2.21. The second kappa shape index (κ2) is 7.11. The lowest BCUT2D eigenvalue weighted by molar-refractivity contribution is -0.135. The van der Waals surface area contributed by atoms with Crippen molar-refractivity contribution in [3.63, 3.8) is 0 Å². The molecule has 0 bridgehead atoms. The number of carbonyl (C=O) groups excluding carboxylic acids is 2. The van der Waals surface area contributed by atoms with E-state index in [1.807, 2.05) is 27.0 Å². The van der Waals surface area contributed by atoms with Gasteiger partial charge >= 0.3 is 0 Å². The van der Waals surface area contributed by atoms with Crippen LogP contribution in [0, 0.1) is 13.8 Å². The van der Waals surface area contributed by atoms with E-state index in [-0.39, 0.29) is 18.2 Å².